The SMILES string of the molecule is O=C1C(CC2=C(NCCO)C(=O)c3cc(F)ccc3C2=O)=C(NCCO)C(=O)c2ccccc21.O=C1C(Cl)=C(C2=C(N3CC3)C(=O)c3ccccc3C2=O)C(=O)c2ccccc21. The fraction of sp³-hybridized carbons (Fsp3) is 0.149. The molecule has 0 atom stereocenters. The van der Waals surface area contributed by atoms with E-state index in [4.69, 9.17) is 11.6 Å². The van der Waals surface area contributed by atoms with Crippen LogP contribution in [0, 0.1) is 5.82 Å². The van der Waals surface area contributed by atoms with Gasteiger partial charge in [-0.3, -0.25) is 38.4 Å². The quantitative estimate of drug-likeness (QED) is 0.162. The van der Waals surface area contributed by atoms with Crippen molar-refractivity contribution in [2.24, 2.45) is 0 Å². The number of hydrogen-bond donors (Lipinski definition) is 4. The van der Waals surface area contributed by atoms with Gasteiger partial charge >= 0.3 is 0 Å². The maximum atomic E-state index is 13.8. The molecule has 0 radical (unpaired) electrons. The molecule has 4 aliphatic carbocycles. The fourth-order valence-corrected chi connectivity index (χ4v) is 8.15. The molecule has 4 aromatic rings. The summed E-state index contributed by atoms with van der Waals surface area (Å²) in [5.74, 6) is -4.74. The van der Waals surface area contributed by atoms with Crippen LogP contribution in [-0.2, 0) is 0 Å². The molecule has 1 saturated heterocycles. The molecule has 0 spiro atoms. The average molecular weight is 854 g/mol. The number of aliphatic hydroxyl groups excluding tert-OH is 2. The van der Waals surface area contributed by atoms with Crippen molar-refractivity contribution < 1.29 is 53.0 Å². The average Bonchev–Trinajstić information content (AvgIpc) is 4.13. The van der Waals surface area contributed by atoms with Gasteiger partial charge in [0.15, 0.2) is 23.1 Å². The van der Waals surface area contributed by atoms with Gasteiger partial charge in [0.25, 0.3) is 0 Å². The molecule has 13 nitrogen and oxygen atoms in total. The van der Waals surface area contributed by atoms with Crippen molar-refractivity contribution in [1.29, 1.82) is 0 Å². The highest BCUT2D eigenvalue weighted by Crippen LogP contribution is 2.41. The van der Waals surface area contributed by atoms with Crippen LogP contribution >= 0.6 is 11.6 Å². The lowest BCUT2D eigenvalue weighted by Crippen LogP contribution is -2.35. The van der Waals surface area contributed by atoms with Crippen molar-refractivity contribution in [3.05, 3.63) is 186 Å². The molecule has 0 saturated carbocycles. The molecule has 0 aromatic heterocycles. The zero-order valence-corrected chi connectivity index (χ0v) is 33.2. The first-order valence-corrected chi connectivity index (χ1v) is 19.8. The number of halogens is 2. The van der Waals surface area contributed by atoms with E-state index in [1.807, 2.05) is 0 Å². The summed E-state index contributed by atoms with van der Waals surface area (Å²) in [6, 6.07) is 22.3. The Morgan fingerprint density at radius 1 is 0.500 bits per heavy atom. The van der Waals surface area contributed by atoms with E-state index < -0.39 is 46.3 Å². The van der Waals surface area contributed by atoms with E-state index in [1.54, 1.807) is 53.4 Å². The van der Waals surface area contributed by atoms with E-state index in [-0.39, 0.29) is 122 Å². The van der Waals surface area contributed by atoms with Crippen LogP contribution in [0.3, 0.4) is 0 Å². The van der Waals surface area contributed by atoms with Gasteiger partial charge in [-0.1, -0.05) is 84.4 Å². The minimum atomic E-state index is -0.687. The van der Waals surface area contributed by atoms with Crippen LogP contribution in [-0.4, -0.2) is 101 Å². The van der Waals surface area contributed by atoms with Gasteiger partial charge in [-0.25, -0.2) is 4.39 Å². The lowest BCUT2D eigenvalue weighted by atomic mass is 9.78. The molecular formula is C47H33ClFN3O10. The number of nitrogens with zero attached hydrogens (tertiary/aromatic N) is 1. The predicted octanol–water partition coefficient (Wildman–Crippen LogP) is 4.55. The van der Waals surface area contributed by atoms with Crippen molar-refractivity contribution in [3.63, 3.8) is 0 Å². The van der Waals surface area contributed by atoms with E-state index in [9.17, 15) is 53.0 Å². The number of benzene rings is 4. The summed E-state index contributed by atoms with van der Waals surface area (Å²) in [5, 5.41) is 23.6. The molecule has 1 fully saturated rings. The summed E-state index contributed by atoms with van der Waals surface area (Å²) in [5.41, 5.74) is 0.686. The predicted molar refractivity (Wildman–Crippen MR) is 221 cm³/mol. The summed E-state index contributed by atoms with van der Waals surface area (Å²) in [6.07, 6.45) is -0.359. The Bertz CT molecular complexity index is 2880. The van der Waals surface area contributed by atoms with Crippen molar-refractivity contribution in [3.8, 4) is 0 Å². The highest BCUT2D eigenvalue weighted by molar-refractivity contribution is 6.52. The second-order valence-corrected chi connectivity index (χ2v) is 14.9. The molecule has 0 unspecified atom stereocenters. The fourth-order valence-electron chi connectivity index (χ4n) is 7.87. The van der Waals surface area contributed by atoms with Crippen molar-refractivity contribution in [2.75, 3.05) is 39.4 Å². The number of aliphatic hydroxyl groups is 2. The topological polar surface area (TPSA) is 204 Å². The number of fused-ring (bicyclic) bond motifs is 4. The number of ketones is 8. The van der Waals surface area contributed by atoms with Gasteiger partial charge in [0.1, 0.15) is 10.8 Å². The number of carbonyl (C=O) groups is 8. The molecule has 1 aliphatic heterocycles. The van der Waals surface area contributed by atoms with E-state index in [1.165, 1.54) is 30.3 Å². The maximum Gasteiger partial charge on any atom is 0.210 e. The zero-order chi connectivity index (χ0) is 44.0. The van der Waals surface area contributed by atoms with Gasteiger partial charge in [-0.2, -0.15) is 0 Å². The molecule has 62 heavy (non-hydrogen) atoms. The maximum absolute atomic E-state index is 13.8. The number of Topliss-reactive ketones (excluding diaryl/α,β-unsaturated/α-hetero) is 8. The molecule has 1 heterocycles. The van der Waals surface area contributed by atoms with Gasteiger partial charge in [0.05, 0.1) is 41.5 Å². The smallest absolute Gasteiger partial charge is 0.210 e. The normalized spacial score (nSPS) is 16.9. The summed E-state index contributed by atoms with van der Waals surface area (Å²) in [4.78, 5) is 107. The number of hydrogen-bond acceptors (Lipinski definition) is 13. The standard InChI is InChI=1S/C25H21FN2O6.C22H12ClNO4/c26-13-5-6-16-17(11-13)25(34)21(28-8-10-30)19(23(16)32)12-18-20(27-7-9-29)24(33)15-4-2-1-3-14(15)22(18)31;23-17-15(19(25)11-5-1-3-7-13(11)21(17)27)16-18(24-9-10-24)22(28)14-8-4-2-6-12(14)20(16)26/h1-6,11,27-30H,7-10,12H2;1-8H,9-10H2. The molecule has 9 rings (SSSR count). The summed E-state index contributed by atoms with van der Waals surface area (Å²) in [7, 11) is 0. The lowest BCUT2D eigenvalue weighted by Gasteiger charge is -2.26. The van der Waals surface area contributed by atoms with E-state index >= 15 is 0 Å². The first kappa shape index (κ1) is 41.5. The minimum Gasteiger partial charge on any atom is -0.395 e. The summed E-state index contributed by atoms with van der Waals surface area (Å²) in [6.45, 7) is 0.483. The van der Waals surface area contributed by atoms with Gasteiger partial charge < -0.3 is 25.7 Å². The summed E-state index contributed by atoms with van der Waals surface area (Å²) < 4.78 is 13.8. The molecule has 0 amide bonds. The van der Waals surface area contributed by atoms with E-state index in [0.717, 1.165) is 12.1 Å². The zero-order valence-electron chi connectivity index (χ0n) is 32.5. The summed E-state index contributed by atoms with van der Waals surface area (Å²) >= 11 is 6.31. The van der Waals surface area contributed by atoms with Crippen LogP contribution in [0.1, 0.15) is 89.3 Å². The number of allylic oxidation sites excluding steroid dienone is 8. The Labute approximate surface area is 356 Å². The van der Waals surface area contributed by atoms with Crippen LogP contribution in [0.15, 0.2) is 135 Å². The number of carbonyl (C=O) groups excluding carboxylic acids is 8. The Morgan fingerprint density at radius 3 is 1.39 bits per heavy atom. The first-order valence-electron chi connectivity index (χ1n) is 19.4. The number of rotatable bonds is 10. The Kier molecular flexibility index (Phi) is 11.1. The second kappa shape index (κ2) is 16.7. The molecular weight excluding hydrogens is 821 g/mol. The third kappa shape index (κ3) is 7.03. The highest BCUT2D eigenvalue weighted by atomic mass is 35.5. The molecule has 5 aliphatic rings. The lowest BCUT2D eigenvalue weighted by molar-refractivity contribution is 0.0946. The Hall–Kier alpha value is -7.26. The largest absolute Gasteiger partial charge is 0.395 e. The van der Waals surface area contributed by atoms with Crippen LogP contribution in [0.5, 0.6) is 0 Å². The van der Waals surface area contributed by atoms with Gasteiger partial charge in [0.2, 0.25) is 23.1 Å². The monoisotopic (exact) mass is 853 g/mol. The molecule has 4 aromatic carbocycles. The minimum absolute atomic E-state index is 0.0102. The van der Waals surface area contributed by atoms with Crippen LogP contribution in [0.2, 0.25) is 0 Å². The third-order valence-electron chi connectivity index (χ3n) is 10.8. The van der Waals surface area contributed by atoms with Crippen LogP contribution < -0.4 is 10.6 Å². The van der Waals surface area contributed by atoms with Crippen LogP contribution in [0.25, 0.3) is 0 Å². The Morgan fingerprint density at radius 2 is 0.903 bits per heavy atom. The number of nitrogens with one attached hydrogen (secondary N) is 2. The molecule has 15 heteroatoms. The Balaban J connectivity index is 0.000000173. The van der Waals surface area contributed by atoms with Gasteiger partial charge in [0, 0.05) is 88.3 Å². The van der Waals surface area contributed by atoms with E-state index in [0.29, 0.717) is 18.7 Å². The van der Waals surface area contributed by atoms with Crippen molar-refractivity contribution in [1.82, 2.24) is 15.5 Å². The van der Waals surface area contributed by atoms with Gasteiger partial charge in [-0.15, -0.1) is 0 Å². The molecule has 0 bridgehead atoms. The van der Waals surface area contributed by atoms with E-state index in [2.05, 4.69) is 10.6 Å². The first-order chi connectivity index (χ1) is 29.9. The highest BCUT2D eigenvalue weighted by Gasteiger charge is 2.44. The van der Waals surface area contributed by atoms with Crippen LogP contribution in [0.4, 0.5) is 4.39 Å². The molecule has 310 valence electrons. The van der Waals surface area contributed by atoms with Crippen molar-refractivity contribution >= 4 is 57.9 Å². The third-order valence-corrected chi connectivity index (χ3v) is 11.2. The molecule has 4 N–H and O–H groups in total. The van der Waals surface area contributed by atoms with Gasteiger partial charge in [-0.05, 0) is 18.2 Å². The van der Waals surface area contributed by atoms with Crippen molar-refractivity contribution in [2.45, 2.75) is 6.42 Å². The second-order valence-electron chi connectivity index (χ2n) is 14.5.